The molecule has 1 atom stereocenters. The Labute approximate surface area is 177 Å². The number of nitrogens with one attached hydrogen (secondary N) is 2. The number of carbonyl (C=O) groups is 1. The lowest BCUT2D eigenvalue weighted by molar-refractivity contribution is -0.121. The van der Waals surface area contributed by atoms with Crippen molar-refractivity contribution >= 4 is 27.5 Å². The number of para-hydroxylation sites is 2. The molecule has 1 amide bonds. The third-order valence-electron chi connectivity index (χ3n) is 5.56. The van der Waals surface area contributed by atoms with Crippen molar-refractivity contribution < 1.29 is 14.3 Å². The number of fused-ring (bicyclic) bond motifs is 4. The Morgan fingerprint density at radius 3 is 2.97 bits per heavy atom. The summed E-state index contributed by atoms with van der Waals surface area (Å²) in [5, 5.41) is 3.63. The molecule has 0 radical (unpaired) electrons. The molecule has 2 aromatic heterocycles. The third-order valence-corrected chi connectivity index (χ3v) is 6.74. The van der Waals surface area contributed by atoms with E-state index < -0.39 is 0 Å². The number of hydrogen-bond donors (Lipinski definition) is 2. The molecule has 0 saturated carbocycles. The summed E-state index contributed by atoms with van der Waals surface area (Å²) in [6.07, 6.45) is 4.71. The van der Waals surface area contributed by atoms with Gasteiger partial charge in [0.25, 0.3) is 5.56 Å². The largest absolute Gasteiger partial charge is 0.486 e. The van der Waals surface area contributed by atoms with Crippen LogP contribution in [0.1, 0.15) is 35.5 Å². The lowest BCUT2D eigenvalue weighted by Crippen LogP contribution is -2.40. The number of aromatic amines is 1. The first-order valence-corrected chi connectivity index (χ1v) is 11.2. The number of H-pyrrole nitrogens is 1. The second kappa shape index (κ2) is 8.10. The molecule has 7 nitrogen and oxygen atoms in total. The maximum atomic E-state index is 12.6. The maximum absolute atomic E-state index is 12.6. The first-order chi connectivity index (χ1) is 14.7. The number of aromatic nitrogens is 2. The van der Waals surface area contributed by atoms with Crippen molar-refractivity contribution in [2.24, 2.45) is 0 Å². The monoisotopic (exact) mass is 425 g/mol. The fourth-order valence-electron chi connectivity index (χ4n) is 4.04. The van der Waals surface area contributed by atoms with Gasteiger partial charge in [-0.1, -0.05) is 12.1 Å². The minimum Gasteiger partial charge on any atom is -0.486 e. The first-order valence-electron chi connectivity index (χ1n) is 10.4. The van der Waals surface area contributed by atoms with E-state index in [1.807, 2.05) is 24.3 Å². The van der Waals surface area contributed by atoms with E-state index in [9.17, 15) is 9.59 Å². The predicted molar refractivity (Wildman–Crippen MR) is 115 cm³/mol. The average molecular weight is 426 g/mol. The minimum atomic E-state index is -0.226. The molecule has 2 N–H and O–H groups in total. The van der Waals surface area contributed by atoms with E-state index in [0.29, 0.717) is 31.1 Å². The Morgan fingerprint density at radius 1 is 1.23 bits per heavy atom. The molecule has 3 aromatic rings. The first kappa shape index (κ1) is 19.1. The van der Waals surface area contributed by atoms with Gasteiger partial charge in [0.1, 0.15) is 23.4 Å². The Morgan fingerprint density at radius 2 is 2.07 bits per heavy atom. The zero-order valence-corrected chi connectivity index (χ0v) is 17.3. The maximum Gasteiger partial charge on any atom is 0.259 e. The molecule has 0 spiro atoms. The highest BCUT2D eigenvalue weighted by molar-refractivity contribution is 7.18. The molecule has 1 aliphatic carbocycles. The van der Waals surface area contributed by atoms with Crippen molar-refractivity contribution in [1.82, 2.24) is 15.3 Å². The topological polar surface area (TPSA) is 93.3 Å². The Hall–Kier alpha value is -2.87. The SMILES string of the molecule is O=C(CCc1nc2sc3c(c2c(=O)[nH]1)CCCC3)NCC1COc2ccccc2O1. The van der Waals surface area contributed by atoms with E-state index in [1.54, 1.807) is 11.3 Å². The zero-order valence-electron chi connectivity index (χ0n) is 16.5. The fraction of sp³-hybridized carbons (Fsp3) is 0.409. The second-order valence-corrected chi connectivity index (χ2v) is 8.79. The van der Waals surface area contributed by atoms with Gasteiger partial charge >= 0.3 is 0 Å². The van der Waals surface area contributed by atoms with Gasteiger partial charge < -0.3 is 19.8 Å². The number of hydrogen-bond acceptors (Lipinski definition) is 6. The van der Waals surface area contributed by atoms with Crippen molar-refractivity contribution in [3.63, 3.8) is 0 Å². The minimum absolute atomic E-state index is 0.0822. The van der Waals surface area contributed by atoms with Crippen LogP contribution in [0.5, 0.6) is 11.5 Å². The van der Waals surface area contributed by atoms with E-state index in [-0.39, 0.29) is 24.0 Å². The summed E-state index contributed by atoms with van der Waals surface area (Å²) in [5.74, 6) is 1.87. The van der Waals surface area contributed by atoms with Crippen LogP contribution in [0.3, 0.4) is 0 Å². The predicted octanol–water partition coefficient (Wildman–Crippen LogP) is 2.75. The molecular weight excluding hydrogens is 402 g/mol. The smallest absolute Gasteiger partial charge is 0.259 e. The molecule has 1 aromatic carbocycles. The van der Waals surface area contributed by atoms with Gasteiger partial charge in [-0.2, -0.15) is 0 Å². The number of thiophene rings is 1. The van der Waals surface area contributed by atoms with Crippen LogP contribution in [0.4, 0.5) is 0 Å². The van der Waals surface area contributed by atoms with Crippen LogP contribution in [0.25, 0.3) is 10.2 Å². The van der Waals surface area contributed by atoms with Gasteiger partial charge in [0.2, 0.25) is 5.91 Å². The lowest BCUT2D eigenvalue weighted by atomic mass is 9.97. The van der Waals surface area contributed by atoms with E-state index in [0.717, 1.165) is 35.2 Å². The molecule has 156 valence electrons. The summed E-state index contributed by atoms with van der Waals surface area (Å²) in [6.45, 7) is 0.764. The van der Waals surface area contributed by atoms with Crippen molar-refractivity contribution in [2.45, 2.75) is 44.6 Å². The number of ether oxygens (including phenoxy) is 2. The van der Waals surface area contributed by atoms with Gasteiger partial charge in [-0.25, -0.2) is 4.98 Å². The lowest BCUT2D eigenvalue weighted by Gasteiger charge is -2.26. The van der Waals surface area contributed by atoms with Crippen molar-refractivity contribution in [1.29, 1.82) is 0 Å². The van der Waals surface area contributed by atoms with E-state index in [2.05, 4.69) is 15.3 Å². The number of benzene rings is 1. The number of nitrogens with zero attached hydrogens (tertiary/aromatic N) is 1. The Bertz CT molecular complexity index is 1150. The second-order valence-electron chi connectivity index (χ2n) is 7.71. The van der Waals surface area contributed by atoms with Gasteiger partial charge in [0, 0.05) is 17.7 Å². The van der Waals surface area contributed by atoms with Crippen LogP contribution < -0.4 is 20.3 Å². The van der Waals surface area contributed by atoms with Gasteiger partial charge in [-0.05, 0) is 43.4 Å². The normalized spacial score (nSPS) is 17.5. The van der Waals surface area contributed by atoms with Gasteiger partial charge in [0.15, 0.2) is 11.5 Å². The fourth-order valence-corrected chi connectivity index (χ4v) is 5.32. The summed E-state index contributed by atoms with van der Waals surface area (Å²) in [4.78, 5) is 34.5. The van der Waals surface area contributed by atoms with Crippen LogP contribution in [-0.4, -0.2) is 35.1 Å². The molecule has 0 saturated heterocycles. The van der Waals surface area contributed by atoms with Gasteiger partial charge in [-0.15, -0.1) is 11.3 Å². The Balaban J connectivity index is 1.18. The van der Waals surface area contributed by atoms with Gasteiger partial charge in [0.05, 0.1) is 11.9 Å². The molecule has 30 heavy (non-hydrogen) atoms. The van der Waals surface area contributed by atoms with Crippen LogP contribution in [0.15, 0.2) is 29.1 Å². The third kappa shape index (κ3) is 3.79. The highest BCUT2D eigenvalue weighted by Gasteiger charge is 2.22. The van der Waals surface area contributed by atoms with Crippen LogP contribution >= 0.6 is 11.3 Å². The van der Waals surface area contributed by atoms with E-state index in [1.165, 1.54) is 16.9 Å². The molecule has 0 bridgehead atoms. The van der Waals surface area contributed by atoms with Crippen LogP contribution in [0, 0.1) is 0 Å². The van der Waals surface area contributed by atoms with Crippen molar-refractivity contribution in [3.05, 3.63) is 50.9 Å². The van der Waals surface area contributed by atoms with Crippen molar-refractivity contribution in [2.75, 3.05) is 13.2 Å². The quantitative estimate of drug-likeness (QED) is 0.656. The molecule has 8 heteroatoms. The summed E-state index contributed by atoms with van der Waals surface area (Å²) in [5.41, 5.74) is 1.09. The summed E-state index contributed by atoms with van der Waals surface area (Å²) in [7, 11) is 0. The zero-order chi connectivity index (χ0) is 20.5. The number of rotatable bonds is 5. The molecule has 3 heterocycles. The standard InChI is InChI=1S/C22H23N3O4S/c26-19(23-11-13-12-28-15-6-2-3-7-16(15)29-13)10-9-18-24-21(27)20-14-5-1-4-8-17(14)30-22(20)25-18/h2-3,6-7,13H,1,4-5,8-12H2,(H,23,26)(H,24,25,27). The summed E-state index contributed by atoms with van der Waals surface area (Å²) < 4.78 is 11.5. The Kier molecular flexibility index (Phi) is 5.16. The van der Waals surface area contributed by atoms with E-state index in [4.69, 9.17) is 9.47 Å². The summed E-state index contributed by atoms with van der Waals surface area (Å²) >= 11 is 1.62. The molecular formula is C22H23N3O4S. The number of carbonyl (C=O) groups excluding carboxylic acids is 1. The molecule has 5 rings (SSSR count). The molecule has 1 unspecified atom stereocenters. The highest BCUT2D eigenvalue weighted by atomic mass is 32.1. The van der Waals surface area contributed by atoms with E-state index >= 15 is 0 Å². The molecule has 1 aliphatic heterocycles. The van der Waals surface area contributed by atoms with Gasteiger partial charge in [-0.3, -0.25) is 9.59 Å². The van der Waals surface area contributed by atoms with Crippen molar-refractivity contribution in [3.8, 4) is 11.5 Å². The van der Waals surface area contributed by atoms with Crippen LogP contribution in [0.2, 0.25) is 0 Å². The highest BCUT2D eigenvalue weighted by Crippen LogP contribution is 2.33. The number of amides is 1. The average Bonchev–Trinajstić information content (AvgIpc) is 3.15. The molecule has 0 fully saturated rings. The number of aryl methyl sites for hydroxylation is 3. The molecule has 2 aliphatic rings. The summed E-state index contributed by atoms with van der Waals surface area (Å²) in [6, 6.07) is 7.49. The van der Waals surface area contributed by atoms with Crippen LogP contribution in [-0.2, 0) is 24.1 Å².